The molecule has 3 aromatic heterocycles. The van der Waals surface area contributed by atoms with Gasteiger partial charge in [0.1, 0.15) is 0 Å². The van der Waals surface area contributed by atoms with E-state index in [0.29, 0.717) is 0 Å². The number of nitrogens with zero attached hydrogens (tertiary/aromatic N) is 2. The van der Waals surface area contributed by atoms with E-state index in [0.717, 1.165) is 5.69 Å². The molecule has 238 valence electrons. The van der Waals surface area contributed by atoms with Crippen molar-refractivity contribution in [3.8, 4) is 33.6 Å². The van der Waals surface area contributed by atoms with Gasteiger partial charge in [-0.3, -0.25) is 0 Å². The summed E-state index contributed by atoms with van der Waals surface area (Å²) < 4.78 is 7.51. The van der Waals surface area contributed by atoms with Gasteiger partial charge in [-0.2, -0.15) is 0 Å². The van der Waals surface area contributed by atoms with E-state index in [4.69, 9.17) is 0 Å². The molecule has 0 atom stereocenters. The molecule has 0 aliphatic rings. The second-order valence-electron chi connectivity index (χ2n) is 13.3. The number of aromatic nitrogens is 2. The number of benzene rings is 8. The Kier molecular flexibility index (Phi) is 6.16. The standard InChI is InChI=1S/C48H30N2S/c1-2-13-34(14-3-1)49-43-21-7-4-16-37(43)39-26-24-31(29-45(39)49)32-25-27-40-38-17-5-8-22-44(38)50(46(40)30-32)35-15-10-12-33(28-35)36-19-11-20-42-41-18-6-9-23-47(41)51-48(36)42/h1-30H. The zero-order valence-corrected chi connectivity index (χ0v) is 28.4. The lowest BCUT2D eigenvalue weighted by atomic mass is 10.0. The predicted molar refractivity (Wildman–Crippen MR) is 219 cm³/mol. The number of fused-ring (bicyclic) bond motifs is 9. The molecular weight excluding hydrogens is 637 g/mol. The first-order valence-corrected chi connectivity index (χ1v) is 18.3. The normalized spacial score (nSPS) is 11.9. The van der Waals surface area contributed by atoms with Crippen LogP contribution in [-0.2, 0) is 0 Å². The van der Waals surface area contributed by atoms with E-state index in [-0.39, 0.29) is 0 Å². The van der Waals surface area contributed by atoms with Gasteiger partial charge in [-0.25, -0.2) is 0 Å². The average molecular weight is 667 g/mol. The molecule has 11 rings (SSSR count). The van der Waals surface area contributed by atoms with Crippen LogP contribution in [0, 0.1) is 0 Å². The lowest BCUT2D eigenvalue weighted by Crippen LogP contribution is -1.95. The fraction of sp³-hybridized carbons (Fsp3) is 0. The third-order valence-corrected chi connectivity index (χ3v) is 11.7. The molecule has 0 aliphatic heterocycles. The zero-order chi connectivity index (χ0) is 33.5. The Morgan fingerprint density at radius 2 is 0.843 bits per heavy atom. The molecular formula is C48H30N2S. The lowest BCUT2D eigenvalue weighted by molar-refractivity contribution is 1.18. The summed E-state index contributed by atoms with van der Waals surface area (Å²) in [6.45, 7) is 0. The third-order valence-electron chi connectivity index (χ3n) is 10.5. The van der Waals surface area contributed by atoms with Crippen LogP contribution in [0.25, 0.3) is 97.4 Å². The second-order valence-corrected chi connectivity index (χ2v) is 14.4. The maximum Gasteiger partial charge on any atom is 0.0547 e. The van der Waals surface area contributed by atoms with E-state index in [1.807, 2.05) is 11.3 Å². The van der Waals surface area contributed by atoms with Crippen LogP contribution in [0.1, 0.15) is 0 Å². The van der Waals surface area contributed by atoms with Crippen LogP contribution in [0.15, 0.2) is 182 Å². The largest absolute Gasteiger partial charge is 0.309 e. The lowest BCUT2D eigenvalue weighted by Gasteiger charge is -2.12. The monoisotopic (exact) mass is 666 g/mol. The summed E-state index contributed by atoms with van der Waals surface area (Å²) in [4.78, 5) is 0. The topological polar surface area (TPSA) is 9.86 Å². The van der Waals surface area contributed by atoms with Gasteiger partial charge in [0.25, 0.3) is 0 Å². The van der Waals surface area contributed by atoms with Crippen molar-refractivity contribution in [1.82, 2.24) is 9.13 Å². The van der Waals surface area contributed by atoms with E-state index >= 15 is 0 Å². The molecule has 51 heavy (non-hydrogen) atoms. The Hall–Kier alpha value is -6.42. The molecule has 0 saturated heterocycles. The van der Waals surface area contributed by atoms with Crippen molar-refractivity contribution in [2.24, 2.45) is 0 Å². The number of hydrogen-bond acceptors (Lipinski definition) is 1. The van der Waals surface area contributed by atoms with E-state index in [2.05, 4.69) is 191 Å². The molecule has 0 unspecified atom stereocenters. The molecule has 0 aliphatic carbocycles. The first kappa shape index (κ1) is 28.4. The van der Waals surface area contributed by atoms with Crippen molar-refractivity contribution >= 4 is 75.1 Å². The van der Waals surface area contributed by atoms with Gasteiger partial charge in [0.15, 0.2) is 0 Å². The summed E-state index contributed by atoms with van der Waals surface area (Å²) in [5, 5.41) is 7.70. The van der Waals surface area contributed by atoms with E-state index < -0.39 is 0 Å². The molecule has 2 nitrogen and oxygen atoms in total. The fourth-order valence-electron chi connectivity index (χ4n) is 8.22. The summed E-state index contributed by atoms with van der Waals surface area (Å²) >= 11 is 1.88. The number of rotatable bonds is 4. The quantitative estimate of drug-likeness (QED) is 0.177. The van der Waals surface area contributed by atoms with Gasteiger partial charge in [-0.1, -0.05) is 127 Å². The predicted octanol–water partition coefficient (Wildman–Crippen LogP) is 13.6. The van der Waals surface area contributed by atoms with Crippen LogP contribution in [0.5, 0.6) is 0 Å². The van der Waals surface area contributed by atoms with Gasteiger partial charge in [0.05, 0.1) is 22.1 Å². The van der Waals surface area contributed by atoms with E-state index in [9.17, 15) is 0 Å². The molecule has 0 radical (unpaired) electrons. The molecule has 3 heteroatoms. The molecule has 0 fully saturated rings. The SMILES string of the molecule is c1ccc(-n2c3ccccc3c3ccc(-c4ccc5c6ccccc6n(-c6cccc(-c7cccc8c7sc7ccccc78)c6)c5c4)cc32)cc1. The molecule has 0 amide bonds. The summed E-state index contributed by atoms with van der Waals surface area (Å²) in [5.74, 6) is 0. The summed E-state index contributed by atoms with van der Waals surface area (Å²) in [5.41, 5.74) is 12.1. The second kappa shape index (κ2) is 11.0. The van der Waals surface area contributed by atoms with Crippen LogP contribution >= 0.6 is 11.3 Å². The van der Waals surface area contributed by atoms with Crippen molar-refractivity contribution < 1.29 is 0 Å². The average Bonchev–Trinajstić information content (AvgIpc) is 3.85. The van der Waals surface area contributed by atoms with Crippen LogP contribution in [0.2, 0.25) is 0 Å². The van der Waals surface area contributed by atoms with Crippen LogP contribution in [0.3, 0.4) is 0 Å². The third kappa shape index (κ3) is 4.29. The van der Waals surface area contributed by atoms with Gasteiger partial charge in [-0.15, -0.1) is 11.3 Å². The number of para-hydroxylation sites is 3. The maximum atomic E-state index is 2.45. The number of thiophene rings is 1. The van der Waals surface area contributed by atoms with Crippen molar-refractivity contribution in [3.63, 3.8) is 0 Å². The highest BCUT2D eigenvalue weighted by Crippen LogP contribution is 2.42. The Labute approximate surface area is 298 Å². The fourth-order valence-corrected chi connectivity index (χ4v) is 9.46. The van der Waals surface area contributed by atoms with Crippen molar-refractivity contribution in [1.29, 1.82) is 0 Å². The highest BCUT2D eigenvalue weighted by atomic mass is 32.1. The molecule has 3 heterocycles. The molecule has 11 aromatic rings. The highest BCUT2D eigenvalue weighted by molar-refractivity contribution is 7.26. The van der Waals surface area contributed by atoms with Crippen LogP contribution in [0.4, 0.5) is 0 Å². The summed E-state index contributed by atoms with van der Waals surface area (Å²) in [6, 6.07) is 66.7. The smallest absolute Gasteiger partial charge is 0.0547 e. The van der Waals surface area contributed by atoms with Crippen molar-refractivity contribution in [2.75, 3.05) is 0 Å². The molecule has 0 N–H and O–H groups in total. The van der Waals surface area contributed by atoms with Crippen LogP contribution < -0.4 is 0 Å². The van der Waals surface area contributed by atoms with E-state index in [1.54, 1.807) is 0 Å². The first-order valence-electron chi connectivity index (χ1n) is 17.4. The van der Waals surface area contributed by atoms with Gasteiger partial charge < -0.3 is 9.13 Å². The molecule has 0 bridgehead atoms. The van der Waals surface area contributed by atoms with E-state index in [1.165, 1.54) is 91.7 Å². The Morgan fingerprint density at radius 1 is 0.314 bits per heavy atom. The highest BCUT2D eigenvalue weighted by Gasteiger charge is 2.17. The van der Waals surface area contributed by atoms with Crippen molar-refractivity contribution in [3.05, 3.63) is 182 Å². The number of hydrogen-bond donors (Lipinski definition) is 0. The van der Waals surface area contributed by atoms with Gasteiger partial charge in [-0.05, 0) is 76.9 Å². The molecule has 0 spiro atoms. The minimum atomic E-state index is 1.16. The molecule has 0 saturated carbocycles. The zero-order valence-electron chi connectivity index (χ0n) is 27.6. The summed E-state index contributed by atoms with van der Waals surface area (Å²) in [6.07, 6.45) is 0. The van der Waals surface area contributed by atoms with Gasteiger partial charge >= 0.3 is 0 Å². The summed E-state index contributed by atoms with van der Waals surface area (Å²) in [7, 11) is 0. The van der Waals surface area contributed by atoms with Crippen molar-refractivity contribution in [2.45, 2.75) is 0 Å². The first-order chi connectivity index (χ1) is 25.3. The Morgan fingerprint density at radius 3 is 1.55 bits per heavy atom. The molecule has 8 aromatic carbocycles. The van der Waals surface area contributed by atoms with Gasteiger partial charge in [0.2, 0.25) is 0 Å². The van der Waals surface area contributed by atoms with Gasteiger partial charge in [0, 0.05) is 53.1 Å². The minimum absolute atomic E-state index is 1.16. The maximum absolute atomic E-state index is 2.45. The Bertz CT molecular complexity index is 3140. The Balaban J connectivity index is 1.11. The van der Waals surface area contributed by atoms with Crippen LogP contribution in [-0.4, -0.2) is 9.13 Å². The minimum Gasteiger partial charge on any atom is -0.309 e.